The number of nitro groups is 2. The molecule has 0 heterocycles. The first-order valence-corrected chi connectivity index (χ1v) is 9.77. The first kappa shape index (κ1) is 20.6. The van der Waals surface area contributed by atoms with Crippen molar-refractivity contribution < 1.29 is 23.0 Å². The van der Waals surface area contributed by atoms with Gasteiger partial charge in [0, 0.05) is 29.8 Å². The van der Waals surface area contributed by atoms with Gasteiger partial charge in [0.1, 0.15) is 5.75 Å². The lowest BCUT2D eigenvalue weighted by molar-refractivity contribution is -0.385. The minimum absolute atomic E-state index is 0.0725. The Balaban J connectivity index is 2.04. The quantitative estimate of drug-likeness (QED) is 0.252. The monoisotopic (exact) mass is 427 g/mol. The lowest BCUT2D eigenvalue weighted by Gasteiger charge is -2.09. The van der Waals surface area contributed by atoms with Crippen LogP contribution in [-0.2, 0) is 10.0 Å². The van der Waals surface area contributed by atoms with Crippen LogP contribution in [0, 0.1) is 20.2 Å². The van der Waals surface area contributed by atoms with E-state index >= 15 is 0 Å². The Labute approximate surface area is 170 Å². The van der Waals surface area contributed by atoms with Crippen LogP contribution in [-0.4, -0.2) is 24.2 Å². The highest BCUT2D eigenvalue weighted by Crippen LogP contribution is 2.21. The molecule has 0 unspecified atom stereocenters. The molecular formula is C19H13N3O7S. The van der Waals surface area contributed by atoms with E-state index in [1.54, 1.807) is 6.07 Å². The van der Waals surface area contributed by atoms with Crippen molar-refractivity contribution in [3.63, 3.8) is 0 Å². The maximum atomic E-state index is 12.7. The van der Waals surface area contributed by atoms with Gasteiger partial charge in [-0.3, -0.25) is 20.2 Å². The molecule has 3 aromatic carbocycles. The molecule has 30 heavy (non-hydrogen) atoms. The summed E-state index contributed by atoms with van der Waals surface area (Å²) < 4.78 is 34.6. The zero-order valence-corrected chi connectivity index (χ0v) is 15.9. The second-order valence-corrected chi connectivity index (χ2v) is 7.45. The number of nitrogens with zero attached hydrogens (tertiary/aromatic N) is 3. The Bertz CT molecular complexity index is 1210. The van der Waals surface area contributed by atoms with Crippen molar-refractivity contribution in [2.45, 2.75) is 4.90 Å². The van der Waals surface area contributed by atoms with Crippen molar-refractivity contribution in [2.24, 2.45) is 4.40 Å². The molecule has 0 aliphatic rings. The summed E-state index contributed by atoms with van der Waals surface area (Å²) in [4.78, 5) is 20.4. The molecule has 3 rings (SSSR count). The van der Waals surface area contributed by atoms with E-state index in [0.29, 0.717) is 0 Å². The first-order valence-electron chi connectivity index (χ1n) is 8.33. The molecule has 11 heteroatoms. The summed E-state index contributed by atoms with van der Waals surface area (Å²) in [5, 5.41) is 21.7. The van der Waals surface area contributed by atoms with E-state index < -0.39 is 19.9 Å². The van der Waals surface area contributed by atoms with Crippen molar-refractivity contribution in [3.05, 3.63) is 105 Å². The molecule has 0 amide bonds. The summed E-state index contributed by atoms with van der Waals surface area (Å²) in [5.41, 5.74) is -0.203. The van der Waals surface area contributed by atoms with Gasteiger partial charge in [0.2, 0.25) is 5.90 Å². The van der Waals surface area contributed by atoms with Crippen molar-refractivity contribution in [1.82, 2.24) is 0 Å². The average Bonchev–Trinajstić information content (AvgIpc) is 2.74. The van der Waals surface area contributed by atoms with Gasteiger partial charge >= 0.3 is 0 Å². The van der Waals surface area contributed by atoms with Gasteiger partial charge in [-0.15, -0.1) is 4.40 Å². The van der Waals surface area contributed by atoms with E-state index in [0.717, 1.165) is 0 Å². The summed E-state index contributed by atoms with van der Waals surface area (Å²) in [5.74, 6) is -0.247. The van der Waals surface area contributed by atoms with Crippen LogP contribution in [0.2, 0.25) is 0 Å². The molecule has 0 saturated heterocycles. The number of hydrogen-bond donors (Lipinski definition) is 0. The largest absolute Gasteiger partial charge is 0.438 e. The Morgan fingerprint density at radius 1 is 0.767 bits per heavy atom. The predicted octanol–water partition coefficient (Wildman–Crippen LogP) is 3.72. The second-order valence-electron chi connectivity index (χ2n) is 5.84. The molecule has 0 atom stereocenters. The normalized spacial score (nSPS) is 11.7. The lowest BCUT2D eigenvalue weighted by Crippen LogP contribution is -2.14. The molecule has 0 radical (unpaired) electrons. The summed E-state index contributed by atoms with van der Waals surface area (Å²) in [6.45, 7) is 0. The fourth-order valence-electron chi connectivity index (χ4n) is 2.36. The minimum atomic E-state index is -4.15. The highest BCUT2D eigenvalue weighted by atomic mass is 32.2. The molecule has 0 bridgehead atoms. The van der Waals surface area contributed by atoms with Gasteiger partial charge in [0.05, 0.1) is 14.7 Å². The SMILES string of the molecule is O=[N+]([O-])c1ccc(O/C(=N\S(=O)(=O)c2ccccc2)c2ccc([N+](=O)[O-])cc2)cc1. The standard InChI is InChI=1S/C19H13N3O7S/c23-21(24)15-8-6-14(7-9-15)19(20-30(27,28)18-4-2-1-3-5-18)29-17-12-10-16(11-13-17)22(25)26/h1-13H/b20-19-. The van der Waals surface area contributed by atoms with Crippen LogP contribution in [0.5, 0.6) is 5.75 Å². The van der Waals surface area contributed by atoms with E-state index in [2.05, 4.69) is 4.40 Å². The Kier molecular flexibility index (Phi) is 5.83. The van der Waals surface area contributed by atoms with Gasteiger partial charge in [-0.2, -0.15) is 8.42 Å². The Morgan fingerprint density at radius 3 is 1.77 bits per heavy atom. The number of rotatable bonds is 6. The molecule has 0 aliphatic heterocycles. The molecule has 10 nitrogen and oxygen atoms in total. The van der Waals surface area contributed by atoms with Crippen LogP contribution in [0.4, 0.5) is 11.4 Å². The second kappa shape index (κ2) is 8.49. The molecule has 0 aliphatic carbocycles. The van der Waals surface area contributed by atoms with Crippen LogP contribution in [0.25, 0.3) is 0 Å². The van der Waals surface area contributed by atoms with Crippen LogP contribution < -0.4 is 4.74 Å². The van der Waals surface area contributed by atoms with Gasteiger partial charge in [0.15, 0.2) is 0 Å². The number of ether oxygens (including phenoxy) is 1. The average molecular weight is 427 g/mol. The molecule has 0 N–H and O–H groups in total. The molecule has 3 aromatic rings. The summed E-state index contributed by atoms with van der Waals surface area (Å²) >= 11 is 0. The molecule has 0 fully saturated rings. The van der Waals surface area contributed by atoms with Crippen molar-refractivity contribution in [1.29, 1.82) is 0 Å². The van der Waals surface area contributed by atoms with Crippen LogP contribution in [0.1, 0.15) is 5.56 Å². The van der Waals surface area contributed by atoms with Gasteiger partial charge in [-0.25, -0.2) is 0 Å². The third kappa shape index (κ3) is 4.83. The molecule has 0 aromatic heterocycles. The smallest absolute Gasteiger partial charge is 0.285 e. The summed E-state index contributed by atoms with van der Waals surface area (Å²) in [6.07, 6.45) is 0. The number of sulfonamides is 1. The van der Waals surface area contributed by atoms with E-state index in [9.17, 15) is 28.6 Å². The zero-order chi connectivity index (χ0) is 21.7. The van der Waals surface area contributed by atoms with E-state index in [1.807, 2.05) is 0 Å². The number of non-ortho nitro benzene ring substituents is 2. The fourth-order valence-corrected chi connectivity index (χ4v) is 3.33. The third-order valence-electron chi connectivity index (χ3n) is 3.83. The summed E-state index contributed by atoms with van der Waals surface area (Å²) in [7, 11) is -4.15. The lowest BCUT2D eigenvalue weighted by atomic mass is 10.2. The summed E-state index contributed by atoms with van der Waals surface area (Å²) in [6, 6.07) is 17.3. The van der Waals surface area contributed by atoms with Crippen LogP contribution in [0.15, 0.2) is 88.2 Å². The first-order chi connectivity index (χ1) is 14.3. The highest BCUT2D eigenvalue weighted by molar-refractivity contribution is 7.90. The zero-order valence-electron chi connectivity index (χ0n) is 15.1. The van der Waals surface area contributed by atoms with Gasteiger partial charge in [-0.1, -0.05) is 18.2 Å². The van der Waals surface area contributed by atoms with Crippen molar-refractivity contribution in [3.8, 4) is 5.75 Å². The number of benzene rings is 3. The third-order valence-corrected chi connectivity index (χ3v) is 5.11. The maximum Gasteiger partial charge on any atom is 0.285 e. The molecule has 0 saturated carbocycles. The van der Waals surface area contributed by atoms with E-state index in [-0.39, 0.29) is 33.5 Å². The van der Waals surface area contributed by atoms with E-state index in [1.165, 1.54) is 72.8 Å². The Morgan fingerprint density at radius 2 is 1.27 bits per heavy atom. The van der Waals surface area contributed by atoms with Gasteiger partial charge in [-0.05, 0) is 36.4 Å². The number of nitro benzene ring substituents is 2. The van der Waals surface area contributed by atoms with Gasteiger partial charge in [0.25, 0.3) is 21.4 Å². The van der Waals surface area contributed by atoms with Crippen LogP contribution >= 0.6 is 0 Å². The molecular weight excluding hydrogens is 414 g/mol. The highest BCUT2D eigenvalue weighted by Gasteiger charge is 2.18. The van der Waals surface area contributed by atoms with Crippen LogP contribution in [0.3, 0.4) is 0 Å². The van der Waals surface area contributed by atoms with Crippen molar-refractivity contribution in [2.75, 3.05) is 0 Å². The predicted molar refractivity (Wildman–Crippen MR) is 107 cm³/mol. The Hall–Kier alpha value is -4.12. The molecule has 0 spiro atoms. The maximum absolute atomic E-state index is 12.7. The topological polar surface area (TPSA) is 142 Å². The number of hydrogen-bond acceptors (Lipinski definition) is 7. The molecule has 152 valence electrons. The van der Waals surface area contributed by atoms with E-state index in [4.69, 9.17) is 4.74 Å². The van der Waals surface area contributed by atoms with Crippen molar-refractivity contribution >= 4 is 27.3 Å². The minimum Gasteiger partial charge on any atom is -0.438 e. The van der Waals surface area contributed by atoms with Gasteiger partial charge < -0.3 is 4.74 Å². The fraction of sp³-hybridized carbons (Fsp3) is 0.